The van der Waals surface area contributed by atoms with E-state index >= 15 is 0 Å². The normalized spacial score (nSPS) is 17.9. The Labute approximate surface area is 142 Å². The Morgan fingerprint density at radius 1 is 1.25 bits per heavy atom. The summed E-state index contributed by atoms with van der Waals surface area (Å²) in [5, 5.41) is 8.73. The summed E-state index contributed by atoms with van der Waals surface area (Å²) in [6.07, 6.45) is 3.32. The minimum absolute atomic E-state index is 0.0190. The minimum atomic E-state index is -1.06. The van der Waals surface area contributed by atoms with Crippen LogP contribution in [0.2, 0.25) is 0 Å². The molecule has 0 radical (unpaired) electrons. The summed E-state index contributed by atoms with van der Waals surface area (Å²) in [6.45, 7) is 5.48. The van der Waals surface area contributed by atoms with Crippen LogP contribution in [0.1, 0.15) is 43.5 Å². The SMILES string of the molecule is CCOc1cc(C(=O)N2CCCCC(C)C2)ccc1OCC(=O)O. The van der Waals surface area contributed by atoms with Crippen LogP contribution in [0.15, 0.2) is 18.2 Å². The van der Waals surface area contributed by atoms with Gasteiger partial charge in [-0.1, -0.05) is 13.3 Å². The number of hydrogen-bond acceptors (Lipinski definition) is 4. The zero-order valence-corrected chi connectivity index (χ0v) is 14.3. The van der Waals surface area contributed by atoms with E-state index in [1.54, 1.807) is 18.2 Å². The topological polar surface area (TPSA) is 76.1 Å². The third kappa shape index (κ3) is 4.88. The molecule has 2 rings (SSSR count). The fraction of sp³-hybridized carbons (Fsp3) is 0.556. The molecule has 132 valence electrons. The fourth-order valence-corrected chi connectivity index (χ4v) is 2.89. The van der Waals surface area contributed by atoms with Crippen LogP contribution < -0.4 is 9.47 Å². The smallest absolute Gasteiger partial charge is 0.341 e. The molecule has 0 spiro atoms. The number of carbonyl (C=O) groups is 2. The number of rotatable bonds is 6. The first kappa shape index (κ1) is 18.1. The van der Waals surface area contributed by atoms with Gasteiger partial charge in [0.2, 0.25) is 0 Å². The summed E-state index contributed by atoms with van der Waals surface area (Å²) in [5.41, 5.74) is 0.537. The Hall–Kier alpha value is -2.24. The van der Waals surface area contributed by atoms with Gasteiger partial charge in [0.15, 0.2) is 18.1 Å². The summed E-state index contributed by atoms with van der Waals surface area (Å²) in [4.78, 5) is 25.3. The molecular weight excluding hydrogens is 310 g/mol. The lowest BCUT2D eigenvalue weighted by atomic mass is 10.1. The number of amides is 1. The monoisotopic (exact) mass is 335 g/mol. The van der Waals surface area contributed by atoms with Crippen LogP contribution in [0.4, 0.5) is 0 Å². The highest BCUT2D eigenvalue weighted by Gasteiger charge is 2.22. The van der Waals surface area contributed by atoms with E-state index in [9.17, 15) is 9.59 Å². The Bertz CT molecular complexity index is 587. The first-order valence-corrected chi connectivity index (χ1v) is 8.42. The summed E-state index contributed by atoms with van der Waals surface area (Å²) in [7, 11) is 0. The van der Waals surface area contributed by atoms with E-state index in [4.69, 9.17) is 14.6 Å². The van der Waals surface area contributed by atoms with Gasteiger partial charge in [0.25, 0.3) is 5.91 Å². The van der Waals surface area contributed by atoms with Crippen molar-refractivity contribution in [1.29, 1.82) is 0 Å². The molecule has 1 saturated heterocycles. The van der Waals surface area contributed by atoms with Crippen LogP contribution in [0.25, 0.3) is 0 Å². The summed E-state index contributed by atoms with van der Waals surface area (Å²) < 4.78 is 10.7. The Morgan fingerprint density at radius 2 is 2.04 bits per heavy atom. The molecule has 1 heterocycles. The standard InChI is InChI=1S/C18H25NO5/c1-3-23-16-10-14(7-8-15(16)24-12-17(20)21)18(22)19-9-5-4-6-13(2)11-19/h7-8,10,13H,3-6,9,11-12H2,1-2H3,(H,20,21). The lowest BCUT2D eigenvalue weighted by Crippen LogP contribution is -2.34. The van der Waals surface area contributed by atoms with Crippen molar-refractivity contribution in [2.45, 2.75) is 33.1 Å². The molecule has 1 aliphatic heterocycles. The van der Waals surface area contributed by atoms with Crippen molar-refractivity contribution in [2.75, 3.05) is 26.3 Å². The minimum Gasteiger partial charge on any atom is -0.490 e. The van der Waals surface area contributed by atoms with Crippen LogP contribution >= 0.6 is 0 Å². The van der Waals surface area contributed by atoms with E-state index in [1.165, 1.54) is 0 Å². The van der Waals surface area contributed by atoms with E-state index in [-0.39, 0.29) is 5.91 Å². The summed E-state index contributed by atoms with van der Waals surface area (Å²) in [5.74, 6) is 0.152. The molecule has 6 heteroatoms. The highest BCUT2D eigenvalue weighted by Crippen LogP contribution is 2.29. The largest absolute Gasteiger partial charge is 0.490 e. The molecule has 1 aromatic rings. The maximum absolute atomic E-state index is 12.8. The van der Waals surface area contributed by atoms with Crippen molar-refractivity contribution in [3.05, 3.63) is 23.8 Å². The van der Waals surface area contributed by atoms with Gasteiger partial charge in [0.05, 0.1) is 6.61 Å². The third-order valence-electron chi connectivity index (χ3n) is 4.04. The number of likely N-dealkylation sites (tertiary alicyclic amines) is 1. The van der Waals surface area contributed by atoms with Gasteiger partial charge in [0.1, 0.15) is 0 Å². The number of carboxylic acids is 1. The second kappa shape index (κ2) is 8.57. The molecule has 1 fully saturated rings. The number of nitrogens with zero attached hydrogens (tertiary/aromatic N) is 1. The Balaban J connectivity index is 2.18. The summed E-state index contributed by atoms with van der Waals surface area (Å²) >= 11 is 0. The molecule has 1 unspecified atom stereocenters. The molecular formula is C18H25NO5. The van der Waals surface area contributed by atoms with Crippen LogP contribution in [-0.4, -0.2) is 48.2 Å². The van der Waals surface area contributed by atoms with Crippen LogP contribution in [0.3, 0.4) is 0 Å². The Morgan fingerprint density at radius 3 is 2.75 bits per heavy atom. The molecule has 1 N–H and O–H groups in total. The zero-order valence-electron chi connectivity index (χ0n) is 14.3. The van der Waals surface area contributed by atoms with Crippen molar-refractivity contribution in [2.24, 2.45) is 5.92 Å². The van der Waals surface area contributed by atoms with Gasteiger partial charge in [0, 0.05) is 18.7 Å². The molecule has 1 amide bonds. The predicted molar refractivity (Wildman–Crippen MR) is 89.7 cm³/mol. The third-order valence-corrected chi connectivity index (χ3v) is 4.04. The molecule has 6 nitrogen and oxygen atoms in total. The lowest BCUT2D eigenvalue weighted by Gasteiger charge is -2.23. The molecule has 1 aliphatic rings. The maximum atomic E-state index is 12.8. The van der Waals surface area contributed by atoms with Gasteiger partial charge in [-0.05, 0) is 43.9 Å². The Kier molecular flexibility index (Phi) is 6.46. The first-order chi connectivity index (χ1) is 11.5. The highest BCUT2D eigenvalue weighted by molar-refractivity contribution is 5.95. The molecule has 0 aliphatic carbocycles. The molecule has 0 aromatic heterocycles. The second-order valence-electron chi connectivity index (χ2n) is 6.13. The average Bonchev–Trinajstić information content (AvgIpc) is 2.77. The zero-order chi connectivity index (χ0) is 17.5. The van der Waals surface area contributed by atoms with Crippen molar-refractivity contribution in [1.82, 2.24) is 4.90 Å². The maximum Gasteiger partial charge on any atom is 0.341 e. The van der Waals surface area contributed by atoms with Crippen LogP contribution in [0, 0.1) is 5.92 Å². The molecule has 1 atom stereocenters. The van der Waals surface area contributed by atoms with Crippen LogP contribution in [0.5, 0.6) is 11.5 Å². The second-order valence-corrected chi connectivity index (χ2v) is 6.13. The van der Waals surface area contributed by atoms with Gasteiger partial charge >= 0.3 is 5.97 Å². The van der Waals surface area contributed by atoms with Crippen LogP contribution in [-0.2, 0) is 4.79 Å². The van der Waals surface area contributed by atoms with E-state index in [1.807, 2.05) is 11.8 Å². The molecule has 0 saturated carbocycles. The van der Waals surface area contributed by atoms with Gasteiger partial charge in [-0.15, -0.1) is 0 Å². The summed E-state index contributed by atoms with van der Waals surface area (Å²) in [6, 6.07) is 4.90. The van der Waals surface area contributed by atoms with Crippen molar-refractivity contribution in [3.63, 3.8) is 0 Å². The molecule has 24 heavy (non-hydrogen) atoms. The first-order valence-electron chi connectivity index (χ1n) is 8.42. The number of ether oxygens (including phenoxy) is 2. The number of benzene rings is 1. The fourth-order valence-electron chi connectivity index (χ4n) is 2.89. The number of hydrogen-bond donors (Lipinski definition) is 1. The van der Waals surface area contributed by atoms with Gasteiger partial charge in [-0.2, -0.15) is 0 Å². The van der Waals surface area contributed by atoms with E-state index in [0.717, 1.165) is 32.4 Å². The quantitative estimate of drug-likeness (QED) is 0.865. The van der Waals surface area contributed by atoms with Crippen molar-refractivity contribution in [3.8, 4) is 11.5 Å². The number of aliphatic carboxylic acids is 1. The lowest BCUT2D eigenvalue weighted by molar-refractivity contribution is -0.139. The highest BCUT2D eigenvalue weighted by atomic mass is 16.5. The van der Waals surface area contributed by atoms with E-state index in [2.05, 4.69) is 6.92 Å². The van der Waals surface area contributed by atoms with Gasteiger partial charge < -0.3 is 19.5 Å². The average molecular weight is 335 g/mol. The van der Waals surface area contributed by atoms with Gasteiger partial charge in [-0.3, -0.25) is 4.79 Å². The van der Waals surface area contributed by atoms with Crippen molar-refractivity contribution >= 4 is 11.9 Å². The predicted octanol–water partition coefficient (Wildman–Crippen LogP) is 2.81. The number of carbonyl (C=O) groups excluding carboxylic acids is 1. The van der Waals surface area contributed by atoms with E-state index in [0.29, 0.717) is 29.6 Å². The molecule has 1 aromatic carbocycles. The van der Waals surface area contributed by atoms with E-state index < -0.39 is 12.6 Å². The van der Waals surface area contributed by atoms with Crippen molar-refractivity contribution < 1.29 is 24.2 Å². The van der Waals surface area contributed by atoms with Gasteiger partial charge in [-0.25, -0.2) is 4.79 Å². The number of carboxylic acid groups (broad SMARTS) is 1. The molecule has 0 bridgehead atoms.